The fourth-order valence-electron chi connectivity index (χ4n) is 2.59. The Kier molecular flexibility index (Phi) is 3.96. The van der Waals surface area contributed by atoms with E-state index in [2.05, 4.69) is 4.98 Å². The van der Waals surface area contributed by atoms with Gasteiger partial charge in [-0.2, -0.15) is 0 Å². The number of nitrogens with zero attached hydrogens (tertiary/aromatic N) is 4. The number of hydrogen-bond acceptors (Lipinski definition) is 6. The zero-order chi connectivity index (χ0) is 16.4. The second kappa shape index (κ2) is 6.07. The molecule has 120 valence electrons. The van der Waals surface area contributed by atoms with Crippen LogP contribution < -0.4 is 4.90 Å². The van der Waals surface area contributed by atoms with Crippen molar-refractivity contribution < 1.29 is 14.1 Å². The number of aromatic nitrogens is 1. The third-order valence-corrected chi connectivity index (χ3v) is 3.79. The number of aryl methyl sites for hydroxylation is 1. The van der Waals surface area contributed by atoms with Crippen LogP contribution >= 0.6 is 0 Å². The highest BCUT2D eigenvalue weighted by Crippen LogP contribution is 2.27. The summed E-state index contributed by atoms with van der Waals surface area (Å²) in [5, 5.41) is 11.2. The van der Waals surface area contributed by atoms with Crippen molar-refractivity contribution >= 4 is 17.4 Å². The van der Waals surface area contributed by atoms with Gasteiger partial charge in [-0.1, -0.05) is 0 Å². The van der Waals surface area contributed by atoms with Gasteiger partial charge >= 0.3 is 5.69 Å². The van der Waals surface area contributed by atoms with Gasteiger partial charge in [-0.05, 0) is 25.1 Å². The van der Waals surface area contributed by atoms with Gasteiger partial charge in [-0.15, -0.1) is 0 Å². The molecule has 1 aliphatic rings. The molecule has 0 bridgehead atoms. The number of carbonyl (C=O) groups excluding carboxylic acids is 1. The molecule has 1 saturated heterocycles. The molecule has 23 heavy (non-hydrogen) atoms. The molecule has 8 heteroatoms. The van der Waals surface area contributed by atoms with Gasteiger partial charge in [0.15, 0.2) is 5.76 Å². The number of rotatable bonds is 3. The zero-order valence-electron chi connectivity index (χ0n) is 12.6. The monoisotopic (exact) mass is 316 g/mol. The highest BCUT2D eigenvalue weighted by atomic mass is 16.6. The van der Waals surface area contributed by atoms with Crippen molar-refractivity contribution in [1.82, 2.24) is 9.88 Å². The Bertz CT molecular complexity index is 721. The number of carbonyl (C=O) groups is 1. The summed E-state index contributed by atoms with van der Waals surface area (Å²) in [7, 11) is 0. The van der Waals surface area contributed by atoms with Crippen LogP contribution in [0.4, 0.5) is 11.5 Å². The average molecular weight is 316 g/mol. The second-order valence-electron chi connectivity index (χ2n) is 5.31. The summed E-state index contributed by atoms with van der Waals surface area (Å²) in [5.41, 5.74) is 0.709. The number of piperazine rings is 1. The molecule has 2 aromatic rings. The Hall–Kier alpha value is -2.90. The van der Waals surface area contributed by atoms with Gasteiger partial charge in [-0.3, -0.25) is 14.9 Å². The maximum Gasteiger partial charge on any atom is 0.311 e. The fraction of sp³-hybridized carbons (Fsp3) is 0.333. The minimum atomic E-state index is -0.428. The number of pyridine rings is 1. The largest absolute Gasteiger partial charge is 0.459 e. The van der Waals surface area contributed by atoms with Crippen molar-refractivity contribution in [1.29, 1.82) is 0 Å². The Morgan fingerprint density at radius 3 is 2.61 bits per heavy atom. The van der Waals surface area contributed by atoms with Gasteiger partial charge in [0, 0.05) is 37.9 Å². The van der Waals surface area contributed by atoms with Gasteiger partial charge in [-0.25, -0.2) is 4.98 Å². The van der Waals surface area contributed by atoms with Crippen molar-refractivity contribution in [2.75, 3.05) is 31.1 Å². The van der Waals surface area contributed by atoms with Crippen LogP contribution in [-0.2, 0) is 0 Å². The normalized spacial score (nSPS) is 14.8. The lowest BCUT2D eigenvalue weighted by Crippen LogP contribution is -2.49. The fourth-order valence-corrected chi connectivity index (χ4v) is 2.59. The Morgan fingerprint density at radius 2 is 2.00 bits per heavy atom. The van der Waals surface area contributed by atoms with Crippen LogP contribution in [0.2, 0.25) is 0 Å². The van der Waals surface area contributed by atoms with Crippen molar-refractivity contribution in [3.63, 3.8) is 0 Å². The number of nitro groups is 1. The lowest BCUT2D eigenvalue weighted by molar-refractivity contribution is -0.384. The average Bonchev–Trinajstić information content (AvgIpc) is 3.08. The van der Waals surface area contributed by atoms with Gasteiger partial charge in [0.1, 0.15) is 0 Å². The topological polar surface area (TPSA) is 92.7 Å². The summed E-state index contributed by atoms with van der Waals surface area (Å²) < 4.78 is 5.12. The Labute approximate surface area is 132 Å². The van der Waals surface area contributed by atoms with E-state index < -0.39 is 4.92 Å². The maximum atomic E-state index is 12.2. The van der Waals surface area contributed by atoms with Crippen LogP contribution in [0.15, 0.2) is 34.9 Å². The molecule has 1 fully saturated rings. The van der Waals surface area contributed by atoms with Crippen LogP contribution in [0.5, 0.6) is 0 Å². The minimum absolute atomic E-state index is 0.0126. The Morgan fingerprint density at radius 1 is 1.26 bits per heavy atom. The van der Waals surface area contributed by atoms with Crippen molar-refractivity contribution in [2.45, 2.75) is 6.92 Å². The van der Waals surface area contributed by atoms with E-state index in [1.165, 1.54) is 12.3 Å². The standard InChI is InChI=1S/C15H16N4O4/c1-11-4-5-12(19(21)22)14(16-11)17-6-8-18(9-7-17)15(20)13-3-2-10-23-13/h2-5,10H,6-9H2,1H3. The number of amides is 1. The molecule has 0 atom stereocenters. The highest BCUT2D eigenvalue weighted by molar-refractivity contribution is 5.91. The van der Waals surface area contributed by atoms with Crippen LogP contribution in [0.25, 0.3) is 0 Å². The number of hydrogen-bond donors (Lipinski definition) is 0. The van der Waals surface area contributed by atoms with E-state index in [0.717, 1.165) is 5.69 Å². The Balaban J connectivity index is 1.73. The zero-order valence-corrected chi connectivity index (χ0v) is 12.6. The van der Waals surface area contributed by atoms with E-state index in [1.54, 1.807) is 30.0 Å². The van der Waals surface area contributed by atoms with Crippen molar-refractivity contribution in [3.8, 4) is 0 Å². The highest BCUT2D eigenvalue weighted by Gasteiger charge is 2.28. The molecule has 3 heterocycles. The van der Waals surface area contributed by atoms with Gasteiger partial charge in [0.25, 0.3) is 5.91 Å². The molecule has 1 aliphatic heterocycles. The first-order chi connectivity index (χ1) is 11.1. The molecule has 0 aromatic carbocycles. The summed E-state index contributed by atoms with van der Waals surface area (Å²) >= 11 is 0. The summed E-state index contributed by atoms with van der Waals surface area (Å²) in [6.45, 7) is 3.70. The molecule has 1 amide bonds. The van der Waals surface area contributed by atoms with Crippen molar-refractivity contribution in [3.05, 3.63) is 52.1 Å². The van der Waals surface area contributed by atoms with E-state index in [-0.39, 0.29) is 11.6 Å². The SMILES string of the molecule is Cc1ccc([N+](=O)[O-])c(N2CCN(C(=O)c3ccco3)CC2)n1. The summed E-state index contributed by atoms with van der Waals surface area (Å²) in [6.07, 6.45) is 1.46. The smallest absolute Gasteiger partial charge is 0.311 e. The van der Waals surface area contributed by atoms with E-state index in [0.29, 0.717) is 37.8 Å². The molecule has 0 spiro atoms. The van der Waals surface area contributed by atoms with E-state index in [4.69, 9.17) is 4.42 Å². The molecule has 8 nitrogen and oxygen atoms in total. The van der Waals surface area contributed by atoms with Gasteiger partial charge in [0.05, 0.1) is 11.2 Å². The number of anilines is 1. The van der Waals surface area contributed by atoms with E-state index in [9.17, 15) is 14.9 Å². The third-order valence-electron chi connectivity index (χ3n) is 3.79. The molecule has 0 saturated carbocycles. The summed E-state index contributed by atoms with van der Waals surface area (Å²) in [5.74, 6) is 0.500. The molecular formula is C15H16N4O4. The second-order valence-corrected chi connectivity index (χ2v) is 5.31. The lowest BCUT2D eigenvalue weighted by atomic mass is 10.2. The molecule has 2 aromatic heterocycles. The third kappa shape index (κ3) is 3.01. The molecule has 0 unspecified atom stereocenters. The molecule has 0 radical (unpaired) electrons. The van der Waals surface area contributed by atoms with Crippen LogP contribution in [-0.4, -0.2) is 46.9 Å². The predicted octanol–water partition coefficient (Wildman–Crippen LogP) is 1.85. The lowest BCUT2D eigenvalue weighted by Gasteiger charge is -2.34. The summed E-state index contributed by atoms with van der Waals surface area (Å²) in [4.78, 5) is 30.8. The van der Waals surface area contributed by atoms with Crippen LogP contribution in [0.3, 0.4) is 0 Å². The first-order valence-electron chi connectivity index (χ1n) is 7.26. The molecule has 0 aliphatic carbocycles. The van der Waals surface area contributed by atoms with Crippen LogP contribution in [0, 0.1) is 17.0 Å². The quantitative estimate of drug-likeness (QED) is 0.634. The minimum Gasteiger partial charge on any atom is -0.459 e. The predicted molar refractivity (Wildman–Crippen MR) is 82.5 cm³/mol. The summed E-state index contributed by atoms with van der Waals surface area (Å²) in [6, 6.07) is 6.39. The van der Waals surface area contributed by atoms with Gasteiger partial charge < -0.3 is 14.2 Å². The molecular weight excluding hydrogens is 300 g/mol. The molecule has 3 rings (SSSR count). The van der Waals surface area contributed by atoms with E-state index in [1.807, 2.05) is 4.90 Å². The first kappa shape index (κ1) is 15.0. The van der Waals surface area contributed by atoms with Crippen LogP contribution in [0.1, 0.15) is 16.2 Å². The first-order valence-corrected chi connectivity index (χ1v) is 7.26. The maximum absolute atomic E-state index is 12.2. The van der Waals surface area contributed by atoms with Gasteiger partial charge in [0.2, 0.25) is 5.82 Å². The van der Waals surface area contributed by atoms with E-state index >= 15 is 0 Å². The van der Waals surface area contributed by atoms with Crippen molar-refractivity contribution in [2.24, 2.45) is 0 Å². The molecule has 0 N–H and O–H groups in total. The number of furan rings is 1.